The molecule has 23 heavy (non-hydrogen) atoms. The third-order valence-electron chi connectivity index (χ3n) is 5.22. The topological polar surface area (TPSA) is 45.5 Å². The number of amides is 2. The van der Waals surface area contributed by atoms with Gasteiger partial charge in [-0.1, -0.05) is 11.6 Å². The van der Waals surface area contributed by atoms with Gasteiger partial charge in [0, 0.05) is 38.9 Å². The first-order valence-electron chi connectivity index (χ1n) is 8.26. The third-order valence-corrected chi connectivity index (χ3v) is 5.43. The highest BCUT2D eigenvalue weighted by molar-refractivity contribution is 6.31. The van der Waals surface area contributed by atoms with E-state index in [0.29, 0.717) is 23.8 Å². The largest absolute Gasteiger partial charge is 0.345 e. The predicted octanol–water partition coefficient (Wildman–Crippen LogP) is 2.54. The number of carbonyl (C=O) groups excluding carboxylic acids is 2. The Labute approximate surface area is 142 Å². The molecular formula is C17H24ClN3O2. The lowest BCUT2D eigenvalue weighted by atomic mass is 9.78. The lowest BCUT2D eigenvalue weighted by Crippen LogP contribution is -2.52. The molecule has 5 nitrogen and oxygen atoms in total. The Hall–Kier alpha value is -1.49. The molecule has 0 saturated carbocycles. The van der Waals surface area contributed by atoms with Gasteiger partial charge in [0.1, 0.15) is 5.69 Å². The molecule has 0 aromatic carbocycles. The average molecular weight is 338 g/mol. The van der Waals surface area contributed by atoms with Crippen molar-refractivity contribution in [3.05, 3.63) is 23.0 Å². The van der Waals surface area contributed by atoms with E-state index in [0.717, 1.165) is 25.8 Å². The van der Waals surface area contributed by atoms with Gasteiger partial charge < -0.3 is 14.4 Å². The van der Waals surface area contributed by atoms with Gasteiger partial charge in [-0.15, -0.1) is 0 Å². The molecule has 0 bridgehead atoms. The lowest BCUT2D eigenvalue weighted by Gasteiger charge is -2.41. The van der Waals surface area contributed by atoms with Crippen LogP contribution in [0.2, 0.25) is 5.02 Å². The summed E-state index contributed by atoms with van der Waals surface area (Å²) in [7, 11) is 1.82. The molecule has 2 aliphatic rings. The molecule has 1 aromatic rings. The van der Waals surface area contributed by atoms with E-state index < -0.39 is 0 Å². The second-order valence-electron chi connectivity index (χ2n) is 7.11. The number of likely N-dealkylation sites (tertiary alicyclic amines) is 2. The van der Waals surface area contributed by atoms with Gasteiger partial charge in [-0.2, -0.15) is 0 Å². The fraction of sp³-hybridized carbons (Fsp3) is 0.647. The third kappa shape index (κ3) is 2.75. The summed E-state index contributed by atoms with van der Waals surface area (Å²) in [4.78, 5) is 29.5. The van der Waals surface area contributed by atoms with Crippen molar-refractivity contribution in [3.8, 4) is 0 Å². The van der Waals surface area contributed by atoms with E-state index in [1.54, 1.807) is 16.8 Å². The molecule has 2 saturated heterocycles. The molecule has 0 unspecified atom stereocenters. The number of aryl methyl sites for hydroxylation is 1. The molecule has 0 radical (unpaired) electrons. The Bertz CT molecular complexity index is 640. The Morgan fingerprint density at radius 3 is 2.65 bits per heavy atom. The van der Waals surface area contributed by atoms with Crippen molar-refractivity contribution in [1.29, 1.82) is 0 Å². The van der Waals surface area contributed by atoms with Crippen LogP contribution in [-0.2, 0) is 11.8 Å². The molecule has 3 rings (SSSR count). The summed E-state index contributed by atoms with van der Waals surface area (Å²) in [5.74, 6) is 0.185. The van der Waals surface area contributed by atoms with Crippen LogP contribution in [-0.4, -0.2) is 51.9 Å². The summed E-state index contributed by atoms with van der Waals surface area (Å²) in [5, 5.41) is 0.560. The first kappa shape index (κ1) is 16.4. The zero-order valence-corrected chi connectivity index (χ0v) is 14.8. The summed E-state index contributed by atoms with van der Waals surface area (Å²) < 4.78 is 1.75. The fourth-order valence-electron chi connectivity index (χ4n) is 3.92. The summed E-state index contributed by atoms with van der Waals surface area (Å²) in [6.45, 7) is 6.11. The van der Waals surface area contributed by atoms with Crippen molar-refractivity contribution >= 4 is 23.4 Å². The van der Waals surface area contributed by atoms with Crippen molar-refractivity contribution in [2.45, 2.75) is 39.2 Å². The number of carbonyl (C=O) groups is 2. The van der Waals surface area contributed by atoms with Crippen molar-refractivity contribution in [2.24, 2.45) is 12.5 Å². The highest BCUT2D eigenvalue weighted by Crippen LogP contribution is 2.41. The number of halogens is 1. The molecule has 2 amide bonds. The van der Waals surface area contributed by atoms with Crippen LogP contribution in [0.1, 0.15) is 43.6 Å². The van der Waals surface area contributed by atoms with Gasteiger partial charge in [-0.05, 0) is 39.2 Å². The predicted molar refractivity (Wildman–Crippen MR) is 89.5 cm³/mol. The Morgan fingerprint density at radius 2 is 2.04 bits per heavy atom. The van der Waals surface area contributed by atoms with Crippen LogP contribution in [0.15, 0.2) is 12.3 Å². The number of nitrogens with zero attached hydrogens (tertiary/aromatic N) is 3. The van der Waals surface area contributed by atoms with E-state index in [9.17, 15) is 9.59 Å². The molecule has 1 atom stereocenters. The van der Waals surface area contributed by atoms with E-state index in [2.05, 4.69) is 13.8 Å². The zero-order chi connectivity index (χ0) is 16.8. The minimum absolute atomic E-state index is 0.0363. The van der Waals surface area contributed by atoms with Crippen LogP contribution >= 0.6 is 11.6 Å². The van der Waals surface area contributed by atoms with Crippen molar-refractivity contribution in [3.63, 3.8) is 0 Å². The average Bonchev–Trinajstić information content (AvgIpc) is 3.05. The summed E-state index contributed by atoms with van der Waals surface area (Å²) in [6, 6.07) is 1.91. The molecule has 6 heteroatoms. The standard InChI is InChI=1S/C17H24ClN3O2/c1-12(2)21-7-4-5-17(16(21)23)6-8-20(11-17)15(22)14-9-13(18)10-19(14)3/h9-10,12H,4-8,11H2,1-3H3/t17-/m0/s1. The Morgan fingerprint density at radius 1 is 1.30 bits per heavy atom. The van der Waals surface area contributed by atoms with Gasteiger partial charge in [0.15, 0.2) is 0 Å². The van der Waals surface area contributed by atoms with Gasteiger partial charge in [0.25, 0.3) is 5.91 Å². The monoisotopic (exact) mass is 337 g/mol. The molecule has 1 spiro atoms. The second-order valence-corrected chi connectivity index (χ2v) is 7.54. The summed E-state index contributed by atoms with van der Waals surface area (Å²) >= 11 is 5.98. The van der Waals surface area contributed by atoms with Gasteiger partial charge in [-0.25, -0.2) is 0 Å². The number of aromatic nitrogens is 1. The van der Waals surface area contributed by atoms with E-state index in [4.69, 9.17) is 11.6 Å². The minimum atomic E-state index is -0.382. The Balaban J connectivity index is 1.78. The second kappa shape index (κ2) is 5.86. The molecule has 0 N–H and O–H groups in total. The van der Waals surface area contributed by atoms with Crippen LogP contribution < -0.4 is 0 Å². The molecular weight excluding hydrogens is 314 g/mol. The fourth-order valence-corrected chi connectivity index (χ4v) is 4.17. The van der Waals surface area contributed by atoms with E-state index in [1.165, 1.54) is 0 Å². The maximum absolute atomic E-state index is 12.9. The van der Waals surface area contributed by atoms with E-state index in [1.807, 2.05) is 16.8 Å². The first-order chi connectivity index (χ1) is 10.8. The SMILES string of the molecule is CC(C)N1CCC[C@@]2(CCN(C(=O)c3cc(Cl)cn3C)C2)C1=O. The van der Waals surface area contributed by atoms with Crippen LogP contribution in [0, 0.1) is 5.41 Å². The van der Waals surface area contributed by atoms with Crippen LogP contribution in [0.4, 0.5) is 0 Å². The Kier molecular flexibility index (Phi) is 4.17. The molecule has 3 heterocycles. The van der Waals surface area contributed by atoms with Gasteiger partial charge in [-0.3, -0.25) is 9.59 Å². The van der Waals surface area contributed by atoms with Crippen molar-refractivity contribution < 1.29 is 9.59 Å². The molecule has 126 valence electrons. The van der Waals surface area contributed by atoms with Crippen LogP contribution in [0.3, 0.4) is 0 Å². The number of hydrogen-bond donors (Lipinski definition) is 0. The maximum Gasteiger partial charge on any atom is 0.270 e. The minimum Gasteiger partial charge on any atom is -0.345 e. The van der Waals surface area contributed by atoms with Crippen molar-refractivity contribution in [1.82, 2.24) is 14.4 Å². The molecule has 2 fully saturated rings. The maximum atomic E-state index is 12.9. The molecule has 1 aromatic heterocycles. The van der Waals surface area contributed by atoms with Gasteiger partial charge in [0.05, 0.1) is 10.4 Å². The van der Waals surface area contributed by atoms with Crippen LogP contribution in [0.5, 0.6) is 0 Å². The summed E-state index contributed by atoms with van der Waals surface area (Å²) in [5.41, 5.74) is 0.198. The van der Waals surface area contributed by atoms with E-state index >= 15 is 0 Å². The number of piperidine rings is 1. The molecule has 0 aliphatic carbocycles. The van der Waals surface area contributed by atoms with E-state index in [-0.39, 0.29) is 23.3 Å². The zero-order valence-electron chi connectivity index (χ0n) is 14.0. The van der Waals surface area contributed by atoms with Crippen LogP contribution in [0.25, 0.3) is 0 Å². The lowest BCUT2D eigenvalue weighted by molar-refractivity contribution is -0.147. The quantitative estimate of drug-likeness (QED) is 0.832. The van der Waals surface area contributed by atoms with Gasteiger partial charge in [0.2, 0.25) is 5.91 Å². The normalized spacial score (nSPS) is 25.0. The first-order valence-corrected chi connectivity index (χ1v) is 8.64. The van der Waals surface area contributed by atoms with Gasteiger partial charge >= 0.3 is 0 Å². The summed E-state index contributed by atoms with van der Waals surface area (Å²) in [6.07, 6.45) is 4.39. The van der Waals surface area contributed by atoms with Crippen molar-refractivity contribution in [2.75, 3.05) is 19.6 Å². The number of hydrogen-bond acceptors (Lipinski definition) is 2. The molecule has 2 aliphatic heterocycles. The highest BCUT2D eigenvalue weighted by Gasteiger charge is 2.50. The highest BCUT2D eigenvalue weighted by atomic mass is 35.5. The number of rotatable bonds is 2. The smallest absolute Gasteiger partial charge is 0.270 e.